The van der Waals surface area contributed by atoms with E-state index in [0.717, 1.165) is 57.8 Å². The molecular weight excluding hydrogens is 522 g/mol. The van der Waals surface area contributed by atoms with Gasteiger partial charge in [-0.05, 0) is 37.6 Å². The van der Waals surface area contributed by atoms with Gasteiger partial charge in [0.2, 0.25) is 5.91 Å². The fourth-order valence-corrected chi connectivity index (χ4v) is 4.22. The molecular formula is C23H38FIN6O. The predicted octanol–water partition coefficient (Wildman–Crippen LogP) is 2.65. The van der Waals surface area contributed by atoms with Crippen molar-refractivity contribution in [1.29, 1.82) is 0 Å². The molecule has 1 amide bonds. The molecule has 2 saturated heterocycles. The minimum absolute atomic E-state index is 0. The van der Waals surface area contributed by atoms with Crippen molar-refractivity contribution in [2.75, 3.05) is 57.3 Å². The van der Waals surface area contributed by atoms with Crippen LogP contribution in [0, 0.1) is 5.82 Å². The molecule has 0 radical (unpaired) electrons. The van der Waals surface area contributed by atoms with Crippen molar-refractivity contribution in [1.82, 2.24) is 20.4 Å². The Bertz CT molecular complexity index is 769. The minimum atomic E-state index is -0.180. The Morgan fingerprint density at radius 1 is 1.16 bits per heavy atom. The number of halogens is 2. The number of guanidine groups is 1. The van der Waals surface area contributed by atoms with E-state index in [1.54, 1.807) is 6.07 Å². The van der Waals surface area contributed by atoms with Gasteiger partial charge in [0.25, 0.3) is 0 Å². The number of likely N-dealkylation sites (tertiary alicyclic amines) is 1. The van der Waals surface area contributed by atoms with Gasteiger partial charge < -0.3 is 25.3 Å². The maximum atomic E-state index is 14.8. The number of nitrogens with one attached hydrogen (secondary N) is 2. The summed E-state index contributed by atoms with van der Waals surface area (Å²) in [5, 5.41) is 6.68. The number of likely N-dealkylation sites (N-methyl/N-ethyl adjacent to an activating group) is 1. The second-order valence-corrected chi connectivity index (χ2v) is 8.23. The Morgan fingerprint density at radius 3 is 2.53 bits per heavy atom. The van der Waals surface area contributed by atoms with E-state index in [4.69, 9.17) is 0 Å². The molecule has 1 atom stereocenters. The van der Waals surface area contributed by atoms with E-state index in [1.807, 2.05) is 30.9 Å². The molecule has 9 heteroatoms. The van der Waals surface area contributed by atoms with Gasteiger partial charge in [-0.25, -0.2) is 9.38 Å². The van der Waals surface area contributed by atoms with Gasteiger partial charge in [0.1, 0.15) is 5.82 Å². The third-order valence-electron chi connectivity index (χ3n) is 6.12. The predicted molar refractivity (Wildman–Crippen MR) is 139 cm³/mol. The number of nitrogens with zero attached hydrogens (tertiary/aromatic N) is 4. The molecule has 2 aliphatic heterocycles. The van der Waals surface area contributed by atoms with Gasteiger partial charge in [0.15, 0.2) is 5.96 Å². The number of rotatable bonds is 7. The lowest BCUT2D eigenvalue weighted by molar-refractivity contribution is -0.129. The molecule has 0 aliphatic carbocycles. The second kappa shape index (κ2) is 13.2. The molecule has 0 spiro atoms. The zero-order chi connectivity index (χ0) is 22.2. The summed E-state index contributed by atoms with van der Waals surface area (Å²) < 4.78 is 14.8. The van der Waals surface area contributed by atoms with Crippen molar-refractivity contribution in [2.45, 2.75) is 46.2 Å². The van der Waals surface area contributed by atoms with Crippen LogP contribution < -0.4 is 15.5 Å². The molecule has 2 aliphatic rings. The van der Waals surface area contributed by atoms with Gasteiger partial charge in [0.05, 0.1) is 12.2 Å². The smallest absolute Gasteiger partial charge is 0.222 e. The first-order valence-electron chi connectivity index (χ1n) is 11.6. The van der Waals surface area contributed by atoms with Crippen molar-refractivity contribution >= 4 is 41.5 Å². The van der Waals surface area contributed by atoms with Crippen LogP contribution in [-0.4, -0.2) is 80.1 Å². The molecule has 3 rings (SSSR count). The van der Waals surface area contributed by atoms with Crippen LogP contribution in [0.3, 0.4) is 0 Å². The average molecular weight is 561 g/mol. The van der Waals surface area contributed by atoms with Gasteiger partial charge in [0, 0.05) is 58.3 Å². The SMILES string of the molecule is CCNC(=NCc1ccc(N2CCN(CC)CC2)c(F)c1)NC1CCN(C(=O)CC)C1.I. The topological polar surface area (TPSA) is 63.2 Å². The van der Waals surface area contributed by atoms with E-state index < -0.39 is 0 Å². The molecule has 0 aromatic heterocycles. The monoisotopic (exact) mass is 560 g/mol. The van der Waals surface area contributed by atoms with Gasteiger partial charge in [-0.15, -0.1) is 24.0 Å². The van der Waals surface area contributed by atoms with Crippen LogP contribution in [0.25, 0.3) is 0 Å². The Labute approximate surface area is 208 Å². The summed E-state index contributed by atoms with van der Waals surface area (Å²) in [7, 11) is 0. The molecule has 1 unspecified atom stereocenters. The molecule has 0 bridgehead atoms. The number of anilines is 1. The zero-order valence-corrected chi connectivity index (χ0v) is 21.9. The molecule has 2 N–H and O–H groups in total. The summed E-state index contributed by atoms with van der Waals surface area (Å²) in [6.45, 7) is 13.4. The average Bonchev–Trinajstić information content (AvgIpc) is 3.26. The molecule has 180 valence electrons. The van der Waals surface area contributed by atoms with E-state index in [0.29, 0.717) is 31.2 Å². The number of aliphatic imine (C=N–C) groups is 1. The lowest BCUT2D eigenvalue weighted by Crippen LogP contribution is -2.46. The van der Waals surface area contributed by atoms with Gasteiger partial charge >= 0.3 is 0 Å². The molecule has 1 aromatic rings. The fourth-order valence-electron chi connectivity index (χ4n) is 4.22. The maximum absolute atomic E-state index is 14.8. The number of benzene rings is 1. The maximum Gasteiger partial charge on any atom is 0.222 e. The van der Waals surface area contributed by atoms with Crippen LogP contribution >= 0.6 is 24.0 Å². The van der Waals surface area contributed by atoms with Crippen molar-refractivity contribution in [2.24, 2.45) is 4.99 Å². The lowest BCUT2D eigenvalue weighted by atomic mass is 10.1. The molecule has 32 heavy (non-hydrogen) atoms. The van der Waals surface area contributed by atoms with E-state index >= 15 is 0 Å². The van der Waals surface area contributed by atoms with E-state index in [1.165, 1.54) is 0 Å². The first kappa shape index (κ1) is 26.6. The third-order valence-corrected chi connectivity index (χ3v) is 6.12. The van der Waals surface area contributed by atoms with Gasteiger partial charge in [-0.2, -0.15) is 0 Å². The van der Waals surface area contributed by atoms with Crippen molar-refractivity contribution < 1.29 is 9.18 Å². The molecule has 0 saturated carbocycles. The first-order valence-corrected chi connectivity index (χ1v) is 11.6. The summed E-state index contributed by atoms with van der Waals surface area (Å²) in [5.74, 6) is 0.719. The van der Waals surface area contributed by atoms with E-state index in [-0.39, 0.29) is 41.7 Å². The first-order chi connectivity index (χ1) is 15.0. The highest BCUT2D eigenvalue weighted by molar-refractivity contribution is 14.0. The number of hydrogen-bond donors (Lipinski definition) is 2. The van der Waals surface area contributed by atoms with Crippen LogP contribution in [-0.2, 0) is 11.3 Å². The third kappa shape index (κ3) is 7.19. The van der Waals surface area contributed by atoms with Crippen molar-refractivity contribution in [3.8, 4) is 0 Å². The largest absolute Gasteiger partial charge is 0.367 e. The van der Waals surface area contributed by atoms with Gasteiger partial charge in [-0.3, -0.25) is 4.79 Å². The molecule has 2 heterocycles. The summed E-state index contributed by atoms with van der Waals surface area (Å²) in [6, 6.07) is 5.64. The summed E-state index contributed by atoms with van der Waals surface area (Å²) >= 11 is 0. The fraction of sp³-hybridized carbons (Fsp3) is 0.652. The summed E-state index contributed by atoms with van der Waals surface area (Å²) in [5.41, 5.74) is 1.53. The second-order valence-electron chi connectivity index (χ2n) is 8.23. The van der Waals surface area contributed by atoms with Crippen molar-refractivity contribution in [3.63, 3.8) is 0 Å². The normalized spacial score (nSPS) is 19.6. The lowest BCUT2D eigenvalue weighted by Gasteiger charge is -2.35. The number of hydrogen-bond acceptors (Lipinski definition) is 4. The zero-order valence-electron chi connectivity index (χ0n) is 19.6. The highest BCUT2D eigenvalue weighted by Crippen LogP contribution is 2.22. The van der Waals surface area contributed by atoms with Crippen LogP contribution in [0.2, 0.25) is 0 Å². The van der Waals surface area contributed by atoms with E-state index in [9.17, 15) is 9.18 Å². The summed E-state index contributed by atoms with van der Waals surface area (Å²) in [6.07, 6.45) is 1.45. The highest BCUT2D eigenvalue weighted by Gasteiger charge is 2.25. The quantitative estimate of drug-likeness (QED) is 0.305. The Kier molecular flexibility index (Phi) is 11.0. The molecule has 2 fully saturated rings. The van der Waals surface area contributed by atoms with Crippen LogP contribution in [0.15, 0.2) is 23.2 Å². The Balaban J connectivity index is 0.00000363. The minimum Gasteiger partial charge on any atom is -0.367 e. The van der Waals surface area contributed by atoms with E-state index in [2.05, 4.69) is 32.3 Å². The molecule has 7 nitrogen and oxygen atoms in total. The number of carbonyl (C=O) groups excluding carboxylic acids is 1. The summed E-state index contributed by atoms with van der Waals surface area (Å²) in [4.78, 5) is 23.0. The standard InChI is InChI=1S/C23H37FN6O.HI/c1-4-22(31)30-10-9-19(17-30)27-23(25-5-2)26-16-18-7-8-21(20(24)15-18)29-13-11-28(6-3)12-14-29;/h7-8,15,19H,4-6,9-14,16-17H2,1-3H3,(H2,25,26,27);1H. The number of carbonyl (C=O) groups is 1. The Hall–Kier alpha value is -1.62. The van der Waals surface area contributed by atoms with Gasteiger partial charge in [-0.1, -0.05) is 19.9 Å². The molecule has 1 aromatic carbocycles. The Morgan fingerprint density at radius 2 is 1.91 bits per heavy atom. The number of amides is 1. The van der Waals surface area contributed by atoms with Crippen LogP contribution in [0.5, 0.6) is 0 Å². The van der Waals surface area contributed by atoms with Crippen molar-refractivity contribution in [3.05, 3.63) is 29.6 Å². The van der Waals surface area contributed by atoms with Crippen LogP contribution in [0.1, 0.15) is 39.2 Å². The highest BCUT2D eigenvalue weighted by atomic mass is 127. The van der Waals surface area contributed by atoms with Crippen LogP contribution in [0.4, 0.5) is 10.1 Å². The number of piperazine rings is 1.